The number of rotatable bonds is 18. The molecular formula is C27H30N6O10S5. The van der Waals surface area contributed by atoms with Crippen LogP contribution >= 0.6 is 35.6 Å². The van der Waals surface area contributed by atoms with Crippen molar-refractivity contribution in [3.63, 3.8) is 0 Å². The Morgan fingerprint density at radius 3 is 2.17 bits per heavy atom. The number of nitrogens with zero attached hydrogens (tertiary/aromatic N) is 5. The van der Waals surface area contributed by atoms with E-state index < -0.39 is 25.1 Å². The van der Waals surface area contributed by atoms with Gasteiger partial charge in [-0.1, -0.05) is 48.0 Å². The van der Waals surface area contributed by atoms with Crippen LogP contribution in [0.2, 0.25) is 0 Å². The summed E-state index contributed by atoms with van der Waals surface area (Å²) in [6, 6.07) is 12.3. The molecular weight excluding hydrogens is 729 g/mol. The number of nitrogens with one attached hydrogen (secondary N) is 1. The fourth-order valence-electron chi connectivity index (χ4n) is 3.98. The van der Waals surface area contributed by atoms with Gasteiger partial charge in [-0.25, -0.2) is 5.26 Å². The Hall–Kier alpha value is -3.12. The highest BCUT2D eigenvalue weighted by Crippen LogP contribution is 2.35. The molecule has 0 bridgehead atoms. The number of benzene rings is 3. The van der Waals surface area contributed by atoms with Gasteiger partial charge in [-0.15, -0.1) is 4.33 Å². The Labute approximate surface area is 289 Å². The molecule has 0 amide bonds. The Balaban J connectivity index is 1.56. The summed E-state index contributed by atoms with van der Waals surface area (Å²) in [5.41, 5.74) is 1.22. The Morgan fingerprint density at radius 1 is 0.875 bits per heavy atom. The number of anilines is 2. The molecule has 4 N–H and O–H groups in total. The summed E-state index contributed by atoms with van der Waals surface area (Å²) in [5, 5.41) is 25.1. The second-order valence-corrected chi connectivity index (χ2v) is 15.5. The van der Waals surface area contributed by atoms with E-state index >= 15 is 0 Å². The van der Waals surface area contributed by atoms with Gasteiger partial charge in [0.2, 0.25) is 5.95 Å². The molecule has 16 nitrogen and oxygen atoms in total. The highest BCUT2D eigenvalue weighted by Gasteiger charge is 2.17. The van der Waals surface area contributed by atoms with Crippen LogP contribution < -0.4 is 10.1 Å². The minimum atomic E-state index is -4.64. The lowest BCUT2D eigenvalue weighted by Gasteiger charge is -2.12. The number of thioether (sulfide) groups is 2. The molecule has 0 spiro atoms. The molecule has 0 aliphatic rings. The number of fused-ring (bicyclic) bond motifs is 1. The molecule has 0 fully saturated rings. The fraction of sp³-hybridized carbons (Fsp3) is 0.296. The number of azo groups is 1. The number of unbranched alkanes of at least 4 members (excludes halogenated alkanes) is 1. The van der Waals surface area contributed by atoms with Gasteiger partial charge in [0.05, 0.1) is 42.0 Å². The topological polar surface area (TPSA) is 232 Å². The second kappa shape index (κ2) is 17.5. The molecule has 0 saturated carbocycles. The monoisotopic (exact) mass is 758 g/mol. The third-order valence-electron chi connectivity index (χ3n) is 6.13. The third-order valence-corrected chi connectivity index (χ3v) is 10.2. The molecule has 258 valence electrons. The largest absolute Gasteiger partial charge is 0.494 e. The van der Waals surface area contributed by atoms with Crippen molar-refractivity contribution in [2.24, 2.45) is 10.2 Å². The minimum Gasteiger partial charge on any atom is -0.494 e. The zero-order chi connectivity index (χ0) is 34.7. The molecule has 0 radical (unpaired) electrons. The summed E-state index contributed by atoms with van der Waals surface area (Å²) >= 11 is 3.26. The first kappa shape index (κ1) is 37.7. The zero-order valence-corrected chi connectivity index (χ0v) is 29.4. The smallest absolute Gasteiger partial charge is 0.295 e. The Kier molecular flexibility index (Phi) is 13.8. The van der Waals surface area contributed by atoms with E-state index in [1.807, 2.05) is 0 Å². The molecule has 48 heavy (non-hydrogen) atoms. The summed E-state index contributed by atoms with van der Waals surface area (Å²) in [6.07, 6.45) is 2.20. The minimum absolute atomic E-state index is 0.181. The molecule has 4 aromatic rings. The van der Waals surface area contributed by atoms with E-state index in [1.165, 1.54) is 36.7 Å². The van der Waals surface area contributed by atoms with Crippen molar-refractivity contribution >= 4 is 89.6 Å². The van der Waals surface area contributed by atoms with Crippen LogP contribution in [0.1, 0.15) is 26.2 Å². The van der Waals surface area contributed by atoms with Crippen LogP contribution in [-0.2, 0) is 29.6 Å². The van der Waals surface area contributed by atoms with Crippen molar-refractivity contribution < 1.29 is 45.3 Å². The van der Waals surface area contributed by atoms with Gasteiger partial charge >= 0.3 is 0 Å². The quantitative estimate of drug-likeness (QED) is 0.0150. The SMILES string of the molecule is CCCCSc1nc(Nc2ccc(N=Nc3ccc4cc(SOOO)cc(S(=O)(=O)O)c4c3)cc2OC)nc(SCCCS(=O)(=O)O)n1. The summed E-state index contributed by atoms with van der Waals surface area (Å²) in [4.78, 5) is 13.3. The molecule has 1 heterocycles. The molecule has 0 aliphatic carbocycles. The standard InChI is InChI=1S/C27H30N6O10S5/c1-3-4-10-44-26-29-25(30-27(31-26)45-11-5-12-47(35,36)37)28-22-9-8-19(15-23(22)41-2)33-32-18-7-6-17-13-20(46-43-42-34)16-24(21(17)14-18)48(38,39)40/h6-9,13-16,34H,3-5,10-12H2,1-2H3,(H,35,36,37)(H,38,39,40)(H,28,29,30,31). The first-order chi connectivity index (χ1) is 22.9. The first-order valence-electron chi connectivity index (χ1n) is 13.9. The van der Waals surface area contributed by atoms with Gasteiger partial charge in [-0.2, -0.15) is 42.0 Å². The maximum Gasteiger partial charge on any atom is 0.295 e. The van der Waals surface area contributed by atoms with Gasteiger partial charge in [-0.05, 0) is 54.6 Å². The normalized spacial score (nSPS) is 12.2. The molecule has 0 aliphatic heterocycles. The van der Waals surface area contributed by atoms with Gasteiger partial charge in [0.15, 0.2) is 10.3 Å². The number of aromatic nitrogens is 3. The van der Waals surface area contributed by atoms with Crippen LogP contribution in [-0.4, -0.2) is 70.5 Å². The average molecular weight is 759 g/mol. The molecule has 3 aromatic carbocycles. The van der Waals surface area contributed by atoms with E-state index in [1.54, 1.807) is 36.4 Å². The highest BCUT2D eigenvalue weighted by atomic mass is 32.2. The Morgan fingerprint density at radius 2 is 1.54 bits per heavy atom. The van der Waals surface area contributed by atoms with Crippen LogP contribution in [0.3, 0.4) is 0 Å². The lowest BCUT2D eigenvalue weighted by atomic mass is 10.1. The van der Waals surface area contributed by atoms with Crippen LogP contribution in [0, 0.1) is 0 Å². The van der Waals surface area contributed by atoms with Crippen molar-refractivity contribution in [1.29, 1.82) is 0 Å². The van der Waals surface area contributed by atoms with E-state index in [0.29, 0.717) is 56.3 Å². The number of ether oxygens (including phenoxy) is 1. The molecule has 0 unspecified atom stereocenters. The fourth-order valence-corrected chi connectivity index (χ4v) is 7.68. The number of hydrogen-bond donors (Lipinski definition) is 4. The van der Waals surface area contributed by atoms with Crippen LogP contribution in [0.5, 0.6) is 5.75 Å². The maximum absolute atomic E-state index is 12.1. The third kappa shape index (κ3) is 11.5. The van der Waals surface area contributed by atoms with E-state index in [-0.39, 0.29) is 28.4 Å². The van der Waals surface area contributed by atoms with Crippen LogP contribution in [0.4, 0.5) is 23.0 Å². The Bertz CT molecular complexity index is 1980. The molecule has 0 saturated heterocycles. The molecule has 4 rings (SSSR count). The molecule has 21 heteroatoms. The van der Waals surface area contributed by atoms with Crippen LogP contribution in [0.15, 0.2) is 78.9 Å². The molecule has 0 atom stereocenters. The first-order valence-corrected chi connectivity index (χ1v) is 19.7. The number of methoxy groups -OCH3 is 1. The van der Waals surface area contributed by atoms with Crippen molar-refractivity contribution in [3.05, 3.63) is 48.5 Å². The molecule has 1 aromatic heterocycles. The van der Waals surface area contributed by atoms with E-state index in [9.17, 15) is 21.4 Å². The number of hydrogen-bond acceptors (Lipinski definition) is 17. The van der Waals surface area contributed by atoms with Crippen molar-refractivity contribution in [1.82, 2.24) is 15.0 Å². The predicted molar refractivity (Wildman–Crippen MR) is 182 cm³/mol. The van der Waals surface area contributed by atoms with Crippen molar-refractivity contribution in [3.8, 4) is 5.75 Å². The van der Waals surface area contributed by atoms with Crippen molar-refractivity contribution in [2.45, 2.75) is 46.3 Å². The van der Waals surface area contributed by atoms with Gasteiger partial charge in [0, 0.05) is 27.9 Å². The maximum atomic E-state index is 12.1. The summed E-state index contributed by atoms with van der Waals surface area (Å²) < 4.78 is 75.0. The summed E-state index contributed by atoms with van der Waals surface area (Å²) in [7, 11) is -7.22. The summed E-state index contributed by atoms with van der Waals surface area (Å²) in [6.45, 7) is 2.08. The average Bonchev–Trinajstić information content (AvgIpc) is 3.04. The van der Waals surface area contributed by atoms with Gasteiger partial charge in [0.25, 0.3) is 20.2 Å². The lowest BCUT2D eigenvalue weighted by Crippen LogP contribution is -2.06. The van der Waals surface area contributed by atoms with E-state index in [2.05, 4.69) is 46.8 Å². The predicted octanol–water partition coefficient (Wildman–Crippen LogP) is 7.13. The highest BCUT2D eigenvalue weighted by molar-refractivity contribution is 7.99. The van der Waals surface area contributed by atoms with E-state index in [0.717, 1.165) is 24.7 Å². The zero-order valence-electron chi connectivity index (χ0n) is 25.3. The van der Waals surface area contributed by atoms with Crippen LogP contribution in [0.25, 0.3) is 10.8 Å². The summed E-state index contributed by atoms with van der Waals surface area (Å²) in [5.74, 6) is 1.45. The van der Waals surface area contributed by atoms with Crippen molar-refractivity contribution in [2.75, 3.05) is 29.7 Å². The van der Waals surface area contributed by atoms with E-state index in [4.69, 9.17) is 14.5 Å². The van der Waals surface area contributed by atoms with Gasteiger partial charge < -0.3 is 10.1 Å². The van der Waals surface area contributed by atoms with Gasteiger partial charge in [-0.3, -0.25) is 9.11 Å². The second-order valence-electron chi connectivity index (χ2n) is 9.65. The lowest BCUT2D eigenvalue weighted by molar-refractivity contribution is -0.432. The van der Waals surface area contributed by atoms with Gasteiger partial charge in [0.1, 0.15) is 10.6 Å².